The monoisotopic (exact) mass is 519 g/mol. The number of aromatic nitrogens is 2. The third kappa shape index (κ3) is 6.29. The second-order valence-corrected chi connectivity index (χ2v) is 9.57. The Balaban J connectivity index is 1.43. The zero-order chi connectivity index (χ0) is 27.0. The van der Waals surface area contributed by atoms with Gasteiger partial charge in [0.05, 0.1) is 7.11 Å². The van der Waals surface area contributed by atoms with Crippen LogP contribution in [0.3, 0.4) is 0 Å². The number of para-hydroxylation sites is 1. The summed E-state index contributed by atoms with van der Waals surface area (Å²) in [6, 6.07) is 30.1. The molecule has 1 amide bonds. The van der Waals surface area contributed by atoms with Crippen LogP contribution in [0, 0.1) is 0 Å². The van der Waals surface area contributed by atoms with E-state index in [0.29, 0.717) is 37.5 Å². The quantitative estimate of drug-likeness (QED) is 0.231. The number of rotatable bonds is 11. The van der Waals surface area contributed by atoms with Crippen molar-refractivity contribution in [2.75, 3.05) is 13.7 Å². The fraction of sp³-hybridized carbons (Fsp3) is 0.212. The molecule has 0 spiro atoms. The number of benzene rings is 3. The van der Waals surface area contributed by atoms with Gasteiger partial charge in [0.15, 0.2) is 11.5 Å². The Labute approximate surface area is 229 Å². The summed E-state index contributed by atoms with van der Waals surface area (Å²) in [5, 5.41) is 4.23. The van der Waals surface area contributed by atoms with Gasteiger partial charge in [-0.15, -0.1) is 0 Å². The van der Waals surface area contributed by atoms with E-state index in [4.69, 9.17) is 9.47 Å². The highest BCUT2D eigenvalue weighted by Gasteiger charge is 2.24. The number of amides is 1. The Morgan fingerprint density at radius 3 is 2.54 bits per heavy atom. The minimum Gasteiger partial charge on any atom is -0.493 e. The highest BCUT2D eigenvalue weighted by atomic mass is 16.5. The Hall–Kier alpha value is -4.58. The highest BCUT2D eigenvalue weighted by molar-refractivity contribution is 5.86. The van der Waals surface area contributed by atoms with Gasteiger partial charge in [-0.05, 0) is 47.0 Å². The van der Waals surface area contributed by atoms with Gasteiger partial charge >= 0.3 is 0 Å². The molecule has 1 atom stereocenters. The summed E-state index contributed by atoms with van der Waals surface area (Å²) < 4.78 is 13.9. The van der Waals surface area contributed by atoms with Crippen LogP contribution in [-0.2, 0) is 24.9 Å². The van der Waals surface area contributed by atoms with E-state index >= 15 is 0 Å². The molecule has 2 aromatic heterocycles. The minimum atomic E-state index is -0.170. The Morgan fingerprint density at radius 2 is 1.74 bits per heavy atom. The van der Waals surface area contributed by atoms with E-state index in [-0.39, 0.29) is 11.8 Å². The Morgan fingerprint density at radius 1 is 0.949 bits per heavy atom. The Kier molecular flexibility index (Phi) is 8.22. The molecule has 0 radical (unpaired) electrons. The van der Waals surface area contributed by atoms with Gasteiger partial charge in [0.1, 0.15) is 6.61 Å². The lowest BCUT2D eigenvalue weighted by Crippen LogP contribution is -2.27. The van der Waals surface area contributed by atoms with Gasteiger partial charge in [-0.25, -0.2) is 0 Å². The number of carbonyl (C=O) groups is 1. The number of methoxy groups -OCH3 is 1. The average Bonchev–Trinajstić information content (AvgIpc) is 3.32. The third-order valence-corrected chi connectivity index (χ3v) is 6.95. The van der Waals surface area contributed by atoms with Crippen LogP contribution in [0.5, 0.6) is 11.5 Å². The largest absolute Gasteiger partial charge is 0.493 e. The molecule has 0 aliphatic carbocycles. The van der Waals surface area contributed by atoms with Crippen molar-refractivity contribution >= 4 is 16.8 Å². The fourth-order valence-corrected chi connectivity index (χ4v) is 4.95. The summed E-state index contributed by atoms with van der Waals surface area (Å²) in [5.74, 6) is 1.13. The van der Waals surface area contributed by atoms with E-state index in [2.05, 4.69) is 33.2 Å². The van der Waals surface area contributed by atoms with E-state index in [0.717, 1.165) is 33.3 Å². The number of hydrogen-bond donors (Lipinski definition) is 1. The van der Waals surface area contributed by atoms with Gasteiger partial charge in [0.25, 0.3) is 0 Å². The fourth-order valence-electron chi connectivity index (χ4n) is 4.95. The first kappa shape index (κ1) is 26.0. The zero-order valence-electron chi connectivity index (χ0n) is 22.3. The van der Waals surface area contributed by atoms with Crippen molar-refractivity contribution in [3.05, 3.63) is 126 Å². The smallest absolute Gasteiger partial charge is 0.220 e. The number of fused-ring (bicyclic) bond motifs is 1. The van der Waals surface area contributed by atoms with E-state index in [1.807, 2.05) is 85.9 Å². The molecule has 0 aliphatic heterocycles. The first-order chi connectivity index (χ1) is 19.1. The number of nitrogens with one attached hydrogen (secondary N) is 1. The molecule has 0 saturated heterocycles. The van der Waals surface area contributed by atoms with E-state index in [9.17, 15) is 4.79 Å². The lowest BCUT2D eigenvalue weighted by Gasteiger charge is -2.20. The second-order valence-electron chi connectivity index (χ2n) is 9.57. The molecule has 2 heterocycles. The van der Waals surface area contributed by atoms with Crippen LogP contribution >= 0.6 is 0 Å². The molecule has 0 fully saturated rings. The molecule has 5 rings (SSSR count). The summed E-state index contributed by atoms with van der Waals surface area (Å²) in [6.45, 7) is 0.958. The molecule has 0 aliphatic rings. The molecule has 5 aromatic rings. The van der Waals surface area contributed by atoms with E-state index < -0.39 is 0 Å². The predicted octanol–water partition coefficient (Wildman–Crippen LogP) is 6.04. The van der Waals surface area contributed by atoms with Gasteiger partial charge in [0.2, 0.25) is 5.91 Å². The van der Waals surface area contributed by atoms with Crippen molar-refractivity contribution < 1.29 is 14.3 Å². The summed E-state index contributed by atoms with van der Waals surface area (Å²) >= 11 is 0. The van der Waals surface area contributed by atoms with Gasteiger partial charge in [-0.1, -0.05) is 60.7 Å². The number of hydrogen-bond acceptors (Lipinski definition) is 4. The normalized spacial score (nSPS) is 11.7. The number of aryl methyl sites for hydroxylation is 1. The topological polar surface area (TPSA) is 65.4 Å². The first-order valence-electron chi connectivity index (χ1n) is 13.2. The number of ether oxygens (including phenoxy) is 2. The van der Waals surface area contributed by atoms with E-state index in [1.165, 1.54) is 0 Å². The molecular formula is C33H33N3O3. The van der Waals surface area contributed by atoms with Crippen LogP contribution in [0.25, 0.3) is 10.9 Å². The Bertz CT molecular complexity index is 1530. The lowest BCUT2D eigenvalue weighted by molar-refractivity contribution is -0.121. The molecule has 0 bridgehead atoms. The summed E-state index contributed by atoms with van der Waals surface area (Å²) in [4.78, 5) is 17.6. The van der Waals surface area contributed by atoms with Crippen molar-refractivity contribution in [3.8, 4) is 11.5 Å². The number of pyridine rings is 1. The van der Waals surface area contributed by atoms with Crippen LogP contribution in [0.15, 0.2) is 103 Å². The maximum Gasteiger partial charge on any atom is 0.220 e. The van der Waals surface area contributed by atoms with Crippen molar-refractivity contribution in [1.82, 2.24) is 14.9 Å². The molecule has 0 saturated carbocycles. The summed E-state index contributed by atoms with van der Waals surface area (Å²) in [7, 11) is 3.68. The van der Waals surface area contributed by atoms with Crippen LogP contribution in [-0.4, -0.2) is 29.1 Å². The van der Waals surface area contributed by atoms with Crippen LogP contribution in [0.2, 0.25) is 0 Å². The van der Waals surface area contributed by atoms with Crippen LogP contribution < -0.4 is 14.8 Å². The van der Waals surface area contributed by atoms with E-state index in [1.54, 1.807) is 13.3 Å². The molecule has 39 heavy (non-hydrogen) atoms. The number of carbonyl (C=O) groups excluding carboxylic acids is 1. The molecule has 1 N–H and O–H groups in total. The number of nitrogens with zero attached hydrogens (tertiary/aromatic N) is 2. The third-order valence-electron chi connectivity index (χ3n) is 6.95. The van der Waals surface area contributed by atoms with Gasteiger partial charge in [0, 0.05) is 61.3 Å². The molecule has 1 unspecified atom stereocenters. The molecule has 6 nitrogen and oxygen atoms in total. The summed E-state index contributed by atoms with van der Waals surface area (Å²) in [6.07, 6.45) is 4.90. The van der Waals surface area contributed by atoms with Crippen LogP contribution in [0.1, 0.15) is 34.7 Å². The summed E-state index contributed by atoms with van der Waals surface area (Å²) in [5.41, 5.74) is 5.26. The van der Waals surface area contributed by atoms with Crippen molar-refractivity contribution in [2.45, 2.75) is 25.4 Å². The highest BCUT2D eigenvalue weighted by Crippen LogP contribution is 2.38. The second kappa shape index (κ2) is 12.3. The average molecular weight is 520 g/mol. The first-order valence-corrected chi connectivity index (χ1v) is 13.2. The maximum atomic E-state index is 13.3. The minimum absolute atomic E-state index is 0.00793. The van der Waals surface area contributed by atoms with Gasteiger partial charge in [-0.3, -0.25) is 9.78 Å². The van der Waals surface area contributed by atoms with Crippen LogP contribution in [0.4, 0.5) is 0 Å². The van der Waals surface area contributed by atoms with Crippen molar-refractivity contribution in [2.24, 2.45) is 7.05 Å². The zero-order valence-corrected chi connectivity index (χ0v) is 22.3. The molecular weight excluding hydrogens is 486 g/mol. The molecule has 3 aromatic carbocycles. The maximum absolute atomic E-state index is 13.3. The molecule has 6 heteroatoms. The predicted molar refractivity (Wildman–Crippen MR) is 154 cm³/mol. The van der Waals surface area contributed by atoms with Gasteiger partial charge < -0.3 is 19.4 Å². The molecule has 198 valence electrons. The van der Waals surface area contributed by atoms with Crippen molar-refractivity contribution in [1.29, 1.82) is 0 Å². The lowest BCUT2D eigenvalue weighted by atomic mass is 9.87. The standard InChI is InChI=1S/C33H33N3O3/c1-36-22-29(27-13-6-7-14-30(27)36)28(21-33(37)35-19-17-26-12-8-9-18-34-26)25-15-16-31(38-2)32(20-25)39-23-24-10-4-3-5-11-24/h3-16,18,20,22,28H,17,19,21,23H2,1-2H3,(H,35,37). The van der Waals surface area contributed by atoms with Crippen molar-refractivity contribution in [3.63, 3.8) is 0 Å². The SMILES string of the molecule is COc1ccc(C(CC(=O)NCCc2ccccn2)c2cn(C)c3ccccc23)cc1OCc1ccccc1. The van der Waals surface area contributed by atoms with Gasteiger partial charge in [-0.2, -0.15) is 0 Å².